The minimum atomic E-state index is 0.0541. The van der Waals surface area contributed by atoms with Gasteiger partial charge < -0.3 is 4.74 Å². The van der Waals surface area contributed by atoms with Crippen molar-refractivity contribution in [3.05, 3.63) is 23.8 Å². The van der Waals surface area contributed by atoms with Crippen LogP contribution in [0, 0.1) is 46.3 Å². The Balaban J connectivity index is 1.12. The zero-order valence-corrected chi connectivity index (χ0v) is 32.3. The Morgan fingerprint density at radius 3 is 2.19 bits per heavy atom. The molecule has 4 unspecified atom stereocenters. The molecule has 0 aromatic carbocycles. The molecule has 0 aliphatic heterocycles. The molecule has 0 N–H and O–H groups in total. The van der Waals surface area contributed by atoms with E-state index in [4.69, 9.17) is 4.74 Å². The van der Waals surface area contributed by atoms with Gasteiger partial charge in [0.15, 0.2) is 0 Å². The van der Waals surface area contributed by atoms with Crippen LogP contribution in [0.1, 0.15) is 202 Å². The molecule has 4 aliphatic carbocycles. The summed E-state index contributed by atoms with van der Waals surface area (Å²) in [6.07, 6.45) is 39.5. The number of fused-ring (bicyclic) bond motifs is 5. The third-order valence-electron chi connectivity index (χ3n) is 14.2. The molecule has 0 bridgehead atoms. The van der Waals surface area contributed by atoms with Crippen LogP contribution in [0.2, 0.25) is 0 Å². The fraction of sp³-hybridized carbons (Fsp3) is 0.889. The predicted octanol–water partition coefficient (Wildman–Crippen LogP) is 14.0. The lowest BCUT2D eigenvalue weighted by Gasteiger charge is -2.58. The van der Waals surface area contributed by atoms with Crippen LogP contribution in [-0.4, -0.2) is 12.1 Å². The molecule has 0 saturated heterocycles. The smallest absolute Gasteiger partial charge is 0.306 e. The van der Waals surface area contributed by atoms with Crippen molar-refractivity contribution in [3.8, 4) is 0 Å². The Morgan fingerprint density at radius 1 is 0.809 bits per heavy atom. The van der Waals surface area contributed by atoms with Crippen LogP contribution in [0.5, 0.6) is 0 Å². The van der Waals surface area contributed by atoms with Gasteiger partial charge >= 0.3 is 5.97 Å². The van der Waals surface area contributed by atoms with Gasteiger partial charge in [0, 0.05) is 12.8 Å². The molecular weight excluding hydrogens is 572 g/mol. The highest BCUT2D eigenvalue weighted by molar-refractivity contribution is 5.69. The first-order chi connectivity index (χ1) is 22.7. The molecule has 4 rings (SSSR count). The van der Waals surface area contributed by atoms with Gasteiger partial charge in [-0.25, -0.2) is 0 Å². The second-order valence-electron chi connectivity index (χ2n) is 18.0. The second kappa shape index (κ2) is 19.4. The highest BCUT2D eigenvalue weighted by Gasteiger charge is 2.59. The van der Waals surface area contributed by atoms with E-state index in [1.165, 1.54) is 128 Å². The molecule has 2 nitrogen and oxygen atoms in total. The molecule has 47 heavy (non-hydrogen) atoms. The van der Waals surface area contributed by atoms with Gasteiger partial charge in [0.2, 0.25) is 0 Å². The Bertz CT molecular complexity index is 976. The topological polar surface area (TPSA) is 26.3 Å². The Kier molecular flexibility index (Phi) is 16.0. The molecule has 3 fully saturated rings. The lowest BCUT2D eigenvalue weighted by Crippen LogP contribution is -2.51. The molecule has 0 aromatic rings. The van der Waals surface area contributed by atoms with Crippen molar-refractivity contribution in [1.82, 2.24) is 0 Å². The zero-order chi connectivity index (χ0) is 33.7. The molecule has 0 aromatic heterocycles. The molecule has 8 atom stereocenters. The molecule has 0 spiro atoms. The number of carbonyl (C=O) groups is 1. The van der Waals surface area contributed by atoms with E-state index in [0.29, 0.717) is 17.3 Å². The number of allylic oxidation sites excluding steroid dienone is 3. The van der Waals surface area contributed by atoms with E-state index in [0.717, 1.165) is 61.2 Å². The van der Waals surface area contributed by atoms with E-state index < -0.39 is 0 Å². The lowest BCUT2D eigenvalue weighted by molar-refractivity contribution is -0.151. The number of esters is 1. The number of hydrogen-bond donors (Lipinski definition) is 0. The Hall–Kier alpha value is -1.05. The van der Waals surface area contributed by atoms with Crippen molar-refractivity contribution in [2.45, 2.75) is 208 Å². The number of hydrogen-bond acceptors (Lipinski definition) is 2. The summed E-state index contributed by atoms with van der Waals surface area (Å²) in [7, 11) is 0. The molecule has 0 radical (unpaired) electrons. The summed E-state index contributed by atoms with van der Waals surface area (Å²) < 4.78 is 6.12. The van der Waals surface area contributed by atoms with Crippen LogP contribution < -0.4 is 0 Å². The fourth-order valence-electron chi connectivity index (χ4n) is 11.3. The molecule has 3 saturated carbocycles. The van der Waals surface area contributed by atoms with Crippen LogP contribution >= 0.6 is 0 Å². The molecule has 4 aliphatic rings. The Morgan fingerprint density at radius 2 is 1.49 bits per heavy atom. The molecular formula is C45H78O2. The van der Waals surface area contributed by atoms with E-state index in [1.807, 2.05) is 0 Å². The van der Waals surface area contributed by atoms with Crippen molar-refractivity contribution >= 4 is 5.97 Å². The van der Waals surface area contributed by atoms with Crippen molar-refractivity contribution in [2.75, 3.05) is 0 Å². The third-order valence-corrected chi connectivity index (χ3v) is 14.2. The number of ether oxygens (including phenoxy) is 1. The highest BCUT2D eigenvalue weighted by atomic mass is 16.5. The first kappa shape index (κ1) is 38.7. The summed E-state index contributed by atoms with van der Waals surface area (Å²) in [5.74, 6) is 5.31. The van der Waals surface area contributed by atoms with Crippen LogP contribution in [0.15, 0.2) is 23.8 Å². The van der Waals surface area contributed by atoms with Gasteiger partial charge in [-0.2, -0.15) is 0 Å². The number of rotatable bonds is 21. The maximum atomic E-state index is 12.8. The molecule has 2 heteroatoms. The van der Waals surface area contributed by atoms with Crippen molar-refractivity contribution < 1.29 is 9.53 Å². The van der Waals surface area contributed by atoms with Gasteiger partial charge in [-0.3, -0.25) is 4.79 Å². The van der Waals surface area contributed by atoms with E-state index >= 15 is 0 Å². The van der Waals surface area contributed by atoms with E-state index in [-0.39, 0.29) is 12.1 Å². The normalized spacial score (nSPS) is 32.6. The number of unbranched alkanes of at least 4 members (excludes halogenated alkanes) is 11. The Labute approximate surface area is 293 Å². The van der Waals surface area contributed by atoms with Crippen molar-refractivity contribution in [3.63, 3.8) is 0 Å². The average molecular weight is 651 g/mol. The largest absolute Gasteiger partial charge is 0.462 e. The summed E-state index contributed by atoms with van der Waals surface area (Å²) in [5.41, 5.74) is 2.53. The molecule has 0 amide bonds. The second-order valence-corrected chi connectivity index (χ2v) is 18.0. The van der Waals surface area contributed by atoms with Crippen LogP contribution in [0.4, 0.5) is 0 Å². The summed E-state index contributed by atoms with van der Waals surface area (Å²) in [4.78, 5) is 12.8. The van der Waals surface area contributed by atoms with Gasteiger partial charge in [0.05, 0.1) is 0 Å². The van der Waals surface area contributed by atoms with Gasteiger partial charge in [0.25, 0.3) is 0 Å². The fourth-order valence-corrected chi connectivity index (χ4v) is 11.3. The van der Waals surface area contributed by atoms with Gasteiger partial charge in [-0.05, 0) is 123 Å². The van der Waals surface area contributed by atoms with Crippen molar-refractivity contribution in [2.24, 2.45) is 46.3 Å². The van der Waals surface area contributed by atoms with Crippen LogP contribution in [-0.2, 0) is 9.53 Å². The first-order valence-corrected chi connectivity index (χ1v) is 21.2. The summed E-state index contributed by atoms with van der Waals surface area (Å²) >= 11 is 0. The van der Waals surface area contributed by atoms with Gasteiger partial charge in [-0.15, -0.1) is 0 Å². The first-order valence-electron chi connectivity index (χ1n) is 21.2. The van der Waals surface area contributed by atoms with E-state index in [9.17, 15) is 4.79 Å². The maximum absolute atomic E-state index is 12.8. The monoisotopic (exact) mass is 651 g/mol. The van der Waals surface area contributed by atoms with Crippen LogP contribution in [0.25, 0.3) is 0 Å². The standard InChI is InChI=1S/C45H78O2/c1-7-8-9-10-11-12-13-14-15-16-17-18-19-20-21-25-43(46)47-38-30-32-44(5)37(34-38)26-27-39-41-29-28-40(36(4)24-22-23-35(2)3)45(41,6)33-31-42(39)44/h14-15,26,35-36,38-42H,7-13,16-25,27-34H2,1-6H3/b15-14-/t36-,38+,39?,40?,41?,42?,44+,45-/m1/s1. The van der Waals surface area contributed by atoms with Crippen molar-refractivity contribution in [1.29, 1.82) is 0 Å². The summed E-state index contributed by atoms with van der Waals surface area (Å²) in [6.45, 7) is 14.9. The van der Waals surface area contributed by atoms with E-state index in [2.05, 4.69) is 59.8 Å². The highest BCUT2D eigenvalue weighted by Crippen LogP contribution is 2.67. The minimum absolute atomic E-state index is 0.0541. The predicted molar refractivity (Wildman–Crippen MR) is 202 cm³/mol. The van der Waals surface area contributed by atoms with E-state index in [1.54, 1.807) is 5.57 Å². The van der Waals surface area contributed by atoms with Gasteiger partial charge in [0.1, 0.15) is 6.10 Å². The third kappa shape index (κ3) is 10.7. The zero-order valence-electron chi connectivity index (χ0n) is 32.3. The SMILES string of the molecule is CCCCCCCC/C=C\CCCCCCCC(=O)O[C@H]1CC[C@@]2(C)C(=CCC3C4CCC([C@H](C)CCCC(C)C)[C@@]4(C)CCC32)C1. The number of carbonyl (C=O) groups excluding carboxylic acids is 1. The minimum Gasteiger partial charge on any atom is -0.462 e. The molecule has 270 valence electrons. The maximum Gasteiger partial charge on any atom is 0.306 e. The quantitative estimate of drug-likeness (QED) is 0.0702. The van der Waals surface area contributed by atoms with Crippen LogP contribution in [0.3, 0.4) is 0 Å². The molecule has 0 heterocycles. The van der Waals surface area contributed by atoms with Gasteiger partial charge in [-0.1, -0.05) is 136 Å². The summed E-state index contributed by atoms with van der Waals surface area (Å²) in [5, 5.41) is 0. The average Bonchev–Trinajstić information content (AvgIpc) is 3.40. The lowest BCUT2D eigenvalue weighted by atomic mass is 9.47. The summed E-state index contributed by atoms with van der Waals surface area (Å²) in [6, 6.07) is 0.